The van der Waals surface area contributed by atoms with Crippen molar-refractivity contribution in [3.8, 4) is 24.7 Å². The monoisotopic (exact) mass is 1700 g/mol. The van der Waals surface area contributed by atoms with Crippen molar-refractivity contribution >= 4 is 45.7 Å². The molecular formula is C109H156NO10S2-. The third-order valence-electron chi connectivity index (χ3n) is 19.0. The molecule has 0 spiro atoms. The Kier molecular flexibility index (Phi) is 61.7. The van der Waals surface area contributed by atoms with Crippen molar-refractivity contribution in [3.63, 3.8) is 0 Å². The Morgan fingerprint density at radius 2 is 1.01 bits per heavy atom. The zero-order valence-electron chi connectivity index (χ0n) is 79.6. The summed E-state index contributed by atoms with van der Waals surface area (Å²) in [5.74, 6) is 17.8. The molecule has 0 radical (unpaired) electrons. The minimum atomic E-state index is -2.15. The van der Waals surface area contributed by atoms with Crippen LogP contribution in [-0.4, -0.2) is 42.2 Å². The van der Waals surface area contributed by atoms with E-state index in [1.807, 2.05) is 146 Å². The summed E-state index contributed by atoms with van der Waals surface area (Å²) < 4.78 is 44.9. The molecule has 5 heterocycles. The maximum absolute atomic E-state index is 11.8. The number of rotatable bonds is 30. The highest BCUT2D eigenvalue weighted by molar-refractivity contribution is 7.76. The Morgan fingerprint density at radius 3 is 1.44 bits per heavy atom. The fourth-order valence-corrected chi connectivity index (χ4v) is 15.0. The van der Waals surface area contributed by atoms with E-state index in [2.05, 4.69) is 209 Å². The van der Waals surface area contributed by atoms with Crippen LogP contribution in [0.25, 0.3) is 0 Å². The molecule has 0 amide bonds. The molecule has 6 aromatic rings. The van der Waals surface area contributed by atoms with Gasteiger partial charge in [0.2, 0.25) is 0 Å². The van der Waals surface area contributed by atoms with Crippen LogP contribution in [0.2, 0.25) is 0 Å². The first kappa shape index (κ1) is 113. The van der Waals surface area contributed by atoms with Gasteiger partial charge in [0.05, 0.1) is 31.1 Å². The van der Waals surface area contributed by atoms with Crippen molar-refractivity contribution in [2.24, 2.45) is 59.2 Å². The number of nitrogens with zero attached hydrogens (tertiary/aromatic N) is 1. The molecule has 1 aliphatic heterocycles. The van der Waals surface area contributed by atoms with Crippen molar-refractivity contribution in [1.29, 1.82) is 0 Å². The minimum absolute atomic E-state index is 0.00598. The van der Waals surface area contributed by atoms with Gasteiger partial charge in [0.1, 0.15) is 28.8 Å². The van der Waals surface area contributed by atoms with E-state index in [9.17, 15) is 27.9 Å². The average Bonchev–Trinajstić information content (AvgIpc) is 1.68. The van der Waals surface area contributed by atoms with E-state index in [0.29, 0.717) is 102 Å². The Labute approximate surface area is 747 Å². The fraction of sp³-hybridized carbons (Fsp3) is 0.486. The number of benzene rings is 2. The average molecular weight is 1700 g/mol. The van der Waals surface area contributed by atoms with Crippen molar-refractivity contribution < 1.29 is 45.9 Å². The van der Waals surface area contributed by atoms with Crippen molar-refractivity contribution in [2.45, 2.75) is 288 Å². The van der Waals surface area contributed by atoms with Crippen LogP contribution < -0.4 is 0 Å². The highest BCUT2D eigenvalue weighted by Gasteiger charge is 2.32. The molecule has 2 aromatic carbocycles. The molecule has 11 nitrogen and oxygen atoms in total. The first-order chi connectivity index (χ1) is 58.1. The van der Waals surface area contributed by atoms with Crippen LogP contribution in [0.5, 0.6) is 0 Å². The summed E-state index contributed by atoms with van der Waals surface area (Å²) >= 11 is -0.307. The second-order valence-electron chi connectivity index (χ2n) is 33.8. The lowest BCUT2D eigenvalue weighted by Crippen LogP contribution is -2.31. The second kappa shape index (κ2) is 66.6. The van der Waals surface area contributed by atoms with Crippen molar-refractivity contribution in [2.75, 3.05) is 0 Å². The molecule has 670 valence electrons. The summed E-state index contributed by atoms with van der Waals surface area (Å²) in [6.45, 7) is 60.6. The molecule has 10 rings (SSSR count). The van der Waals surface area contributed by atoms with Crippen LogP contribution in [0.1, 0.15) is 281 Å². The molecular weight excluding hydrogens is 1550 g/mol. The standard InChI is InChI=1S/C14H22O.C14H20O.2C13H16O2.C11H14O.C11H14S.C10H15NO2S.C10H14.C9H14O.2C2H6/c2*1-5-6-7-8-12-11(4)13(10(2)3)9-14(12)15;1-10(2)8-12-5-6-13(15-12)9-11-4-3-7-14-11;1-4-5-10-7-13(15)11(6-9(2)3)8-12(10)14;2*1-4-5-10-6-7-11(12-10)8-9(2)3;1-9(2)11(14(12)13)8-10-6-4-3-5-7-10;1-9(2)8-10-6-4-3-5-7-10;1-8(2)7-9-5-3-4-6-10-9;2*1-2/h6-7,10,13H,5,8-9H2,1-4H3;5-7,10,13H,1,8-9H2,2-4H3;3-7,10H,8-9H2,1-2H3;4,7-9H,1,5-6H2,2-3H3;2*1,6-7,9H,5,8H2,2-3H3;3-7,9H,8H2,1-2H3,(H,12,13);3-7,9H,8H2,1-2H3;4-6,8H,3,7H2,1-2H3;2*1-2H3/p-1/b2*7-6-;;;;;;;;;. The van der Waals surface area contributed by atoms with Gasteiger partial charge in [-0.05, 0) is 233 Å². The number of carbonyl (C=O) groups excluding carboxylic acids is 4. The number of hydrogen-bond donors (Lipinski definition) is 0. The predicted molar refractivity (Wildman–Crippen MR) is 520 cm³/mol. The molecule has 3 unspecified atom stereocenters. The SMILES string of the molecule is C#CCc1ccc(CC(C)C)o1.C#CCc1ccc(CC(C)C)s1.C=C/C=C\CC1=C(C)C(C(C)C)CC1=O.C=CCC1=CC(=O)C(CC(C)C)=CC1=O.CC.CC.CC(C)CC1=CCC=CO1.CC(C)Cc1ccc(Cc2ccco2)o1.CC(C)Cc1ccccc1.CC(C)N(Cc1ccccc1)S(=O)[O-].CC/C=C\CC1=C(C)C(C(C)C)CC1=O. The summed E-state index contributed by atoms with van der Waals surface area (Å²) in [5.41, 5.74) is 8.33. The van der Waals surface area contributed by atoms with Gasteiger partial charge >= 0.3 is 0 Å². The van der Waals surface area contributed by atoms with Crippen LogP contribution in [0.3, 0.4) is 0 Å². The summed E-state index contributed by atoms with van der Waals surface area (Å²) in [4.78, 5) is 49.6. The van der Waals surface area contributed by atoms with E-state index in [1.165, 1.54) is 55.8 Å². The van der Waals surface area contributed by atoms with E-state index < -0.39 is 11.3 Å². The molecule has 3 atom stereocenters. The number of terminal acetylenes is 2. The van der Waals surface area contributed by atoms with Gasteiger partial charge < -0.3 is 22.5 Å². The predicted octanol–water partition coefficient (Wildman–Crippen LogP) is 29.1. The molecule has 13 heteroatoms. The van der Waals surface area contributed by atoms with Gasteiger partial charge in [0, 0.05) is 83.3 Å². The van der Waals surface area contributed by atoms with Gasteiger partial charge in [0.25, 0.3) is 0 Å². The largest absolute Gasteiger partial charge is 0.760 e. The van der Waals surface area contributed by atoms with Gasteiger partial charge in [-0.25, -0.2) is 4.31 Å². The normalized spacial score (nSPS) is 14.8. The van der Waals surface area contributed by atoms with Gasteiger partial charge in [-0.15, -0.1) is 36.7 Å². The van der Waals surface area contributed by atoms with Crippen LogP contribution in [0, 0.1) is 83.9 Å². The third kappa shape index (κ3) is 50.0. The first-order valence-electron chi connectivity index (χ1n) is 44.6. The van der Waals surface area contributed by atoms with Gasteiger partial charge in [-0.1, -0.05) is 266 Å². The molecule has 0 N–H and O–H groups in total. The van der Waals surface area contributed by atoms with Crippen LogP contribution in [-0.2, 0) is 86.7 Å². The summed E-state index contributed by atoms with van der Waals surface area (Å²) in [7, 11) is 0. The number of Topliss-reactive ketones (excluding diaryl/α,β-unsaturated/α-hetero) is 2. The van der Waals surface area contributed by atoms with Crippen molar-refractivity contribution in [3.05, 3.63) is 285 Å². The van der Waals surface area contributed by atoms with Gasteiger partial charge in [0.15, 0.2) is 23.1 Å². The van der Waals surface area contributed by atoms with E-state index in [1.54, 1.807) is 24.7 Å². The summed E-state index contributed by atoms with van der Waals surface area (Å²) in [5, 5.41) is 0. The number of carbonyl (C=O) groups is 4. The lowest BCUT2D eigenvalue weighted by Gasteiger charge is -2.27. The topological polar surface area (TPSA) is 160 Å². The Morgan fingerprint density at radius 1 is 0.533 bits per heavy atom. The second-order valence-corrected chi connectivity index (χ2v) is 35.9. The Bertz CT molecular complexity index is 4220. The highest BCUT2D eigenvalue weighted by Crippen LogP contribution is 2.37. The molecule has 122 heavy (non-hydrogen) atoms. The lowest BCUT2D eigenvalue weighted by molar-refractivity contribution is -0.116. The van der Waals surface area contributed by atoms with E-state index in [4.69, 9.17) is 30.8 Å². The fourth-order valence-electron chi connectivity index (χ4n) is 13.2. The molecule has 0 bridgehead atoms. The summed E-state index contributed by atoms with van der Waals surface area (Å²) in [6, 6.07) is 36.4. The zero-order chi connectivity index (χ0) is 92.2. The van der Waals surface area contributed by atoms with Crippen LogP contribution >= 0.6 is 11.3 Å². The molecule has 0 fully saturated rings. The third-order valence-corrected chi connectivity index (χ3v) is 21.1. The Balaban J connectivity index is 0.00000135. The molecule has 0 saturated carbocycles. The maximum Gasteiger partial charge on any atom is 0.182 e. The van der Waals surface area contributed by atoms with Gasteiger partial charge in [-0.3, -0.25) is 23.4 Å². The number of allylic oxidation sites excluding steroid dienone is 17. The maximum atomic E-state index is 11.8. The van der Waals surface area contributed by atoms with E-state index in [-0.39, 0.29) is 17.6 Å². The number of hydrogen-bond acceptors (Lipinski definition) is 11. The minimum Gasteiger partial charge on any atom is -0.760 e. The number of thiophene rings is 1. The Hall–Kier alpha value is -8.95. The molecule has 3 aliphatic carbocycles. The lowest BCUT2D eigenvalue weighted by atomic mass is 9.90. The smallest absolute Gasteiger partial charge is 0.182 e. The van der Waals surface area contributed by atoms with E-state index >= 15 is 0 Å². The van der Waals surface area contributed by atoms with Gasteiger partial charge in [-0.2, -0.15) is 0 Å². The molecule has 4 aliphatic rings. The van der Waals surface area contributed by atoms with Crippen LogP contribution in [0.4, 0.5) is 0 Å². The summed E-state index contributed by atoms with van der Waals surface area (Å²) in [6.07, 6.45) is 46.3. The number of ether oxygens (including phenoxy) is 1. The quantitative estimate of drug-likeness (QED) is 0.0140. The number of furan rings is 3. The molecule has 0 saturated heterocycles. The molecule has 4 aromatic heterocycles. The zero-order valence-corrected chi connectivity index (χ0v) is 81.2. The van der Waals surface area contributed by atoms with E-state index in [0.717, 1.165) is 127 Å². The van der Waals surface area contributed by atoms with Crippen molar-refractivity contribution in [1.82, 2.24) is 4.31 Å². The van der Waals surface area contributed by atoms with Crippen LogP contribution in [0.15, 0.2) is 248 Å². The highest BCUT2D eigenvalue weighted by atomic mass is 32.2. The first-order valence-corrected chi connectivity index (χ1v) is 46.5. The number of ketones is 4.